The molecule has 3 N–H and O–H groups in total. The van der Waals surface area contributed by atoms with E-state index in [0.29, 0.717) is 11.3 Å². The van der Waals surface area contributed by atoms with E-state index in [1.807, 2.05) is 30.5 Å². The summed E-state index contributed by atoms with van der Waals surface area (Å²) in [6.45, 7) is 0. The van der Waals surface area contributed by atoms with Gasteiger partial charge in [-0.15, -0.1) is 11.8 Å². The Hall–Kier alpha value is -2.58. The summed E-state index contributed by atoms with van der Waals surface area (Å²) in [6.07, 6.45) is 2.01. The molecule has 1 aliphatic heterocycles. The van der Waals surface area contributed by atoms with Crippen LogP contribution in [0, 0.1) is 11.3 Å². The Morgan fingerprint density at radius 1 is 1.23 bits per heavy atom. The Morgan fingerprint density at radius 3 is 2.59 bits per heavy atom. The number of thioether (sulfide) groups is 1. The van der Waals surface area contributed by atoms with Crippen LogP contribution in [-0.2, 0) is 0 Å². The molecule has 0 aliphatic carbocycles. The van der Waals surface area contributed by atoms with E-state index in [1.165, 1.54) is 6.07 Å². The van der Waals surface area contributed by atoms with E-state index in [-0.39, 0.29) is 17.6 Å². The lowest BCUT2D eigenvalue weighted by atomic mass is 9.83. The minimum absolute atomic E-state index is 0.0829. The summed E-state index contributed by atoms with van der Waals surface area (Å²) in [5, 5.41) is 19.1. The normalized spacial score (nSPS) is 16.6. The van der Waals surface area contributed by atoms with Crippen LogP contribution in [0.5, 0.6) is 11.5 Å². The van der Waals surface area contributed by atoms with Gasteiger partial charge in [-0.05, 0) is 30.0 Å². The van der Waals surface area contributed by atoms with E-state index in [2.05, 4.69) is 6.07 Å². The zero-order valence-corrected chi connectivity index (χ0v) is 12.7. The number of hydrogen-bond acceptors (Lipinski definition) is 5. The molecule has 0 spiro atoms. The van der Waals surface area contributed by atoms with Gasteiger partial charge in [-0.3, -0.25) is 0 Å². The molecular formula is C17H14N2O2S. The summed E-state index contributed by atoms with van der Waals surface area (Å²) in [5.74, 6) is 0.378. The van der Waals surface area contributed by atoms with Crippen LogP contribution >= 0.6 is 11.8 Å². The molecule has 2 aromatic carbocycles. The molecule has 1 atom stereocenters. The summed E-state index contributed by atoms with van der Waals surface area (Å²) < 4.78 is 5.48. The number of benzene rings is 2. The molecule has 0 amide bonds. The molecule has 0 radical (unpaired) electrons. The third-order valence-electron chi connectivity index (χ3n) is 3.65. The smallest absolute Gasteiger partial charge is 0.205 e. The van der Waals surface area contributed by atoms with Crippen LogP contribution in [0.2, 0.25) is 0 Å². The van der Waals surface area contributed by atoms with Crippen molar-refractivity contribution in [2.75, 3.05) is 6.26 Å². The van der Waals surface area contributed by atoms with Crippen molar-refractivity contribution in [3.63, 3.8) is 0 Å². The van der Waals surface area contributed by atoms with Crippen LogP contribution in [0.25, 0.3) is 0 Å². The van der Waals surface area contributed by atoms with Crippen LogP contribution in [-0.4, -0.2) is 11.4 Å². The molecule has 22 heavy (non-hydrogen) atoms. The van der Waals surface area contributed by atoms with Gasteiger partial charge in [0, 0.05) is 16.5 Å². The quantitative estimate of drug-likeness (QED) is 0.832. The maximum absolute atomic E-state index is 9.62. The second kappa shape index (κ2) is 5.66. The van der Waals surface area contributed by atoms with Gasteiger partial charge in [0.1, 0.15) is 23.1 Å². The summed E-state index contributed by atoms with van der Waals surface area (Å²) in [6, 6.07) is 15.0. The first-order chi connectivity index (χ1) is 10.6. The Bertz CT molecular complexity index is 791. The highest BCUT2D eigenvalue weighted by Crippen LogP contribution is 2.43. The van der Waals surface area contributed by atoms with Gasteiger partial charge in [0.05, 0.1) is 5.92 Å². The number of aromatic hydroxyl groups is 1. The summed E-state index contributed by atoms with van der Waals surface area (Å²) in [5.41, 5.74) is 8.06. The van der Waals surface area contributed by atoms with Crippen molar-refractivity contribution in [1.82, 2.24) is 0 Å². The molecule has 3 rings (SSSR count). The Kier molecular flexibility index (Phi) is 3.70. The van der Waals surface area contributed by atoms with Gasteiger partial charge in [-0.25, -0.2) is 0 Å². The standard InChI is InChI=1S/C17H14N2O2S/c1-22-12-5-2-10(3-6-12)16-13-7-4-11(20)8-15(13)21-17(19)14(16)9-18/h2-8,16,20H,19H2,1H3/t16-/m1/s1. The Labute approximate surface area is 132 Å². The molecule has 0 saturated heterocycles. The molecule has 4 nitrogen and oxygen atoms in total. The van der Waals surface area contributed by atoms with Crippen molar-refractivity contribution >= 4 is 11.8 Å². The first kappa shape index (κ1) is 14.4. The minimum Gasteiger partial charge on any atom is -0.508 e. The fourth-order valence-corrected chi connectivity index (χ4v) is 2.99. The predicted octanol–water partition coefficient (Wildman–Crippen LogP) is 3.33. The summed E-state index contributed by atoms with van der Waals surface area (Å²) in [7, 11) is 0. The highest BCUT2D eigenvalue weighted by molar-refractivity contribution is 7.98. The number of rotatable bonds is 2. The number of allylic oxidation sites excluding steroid dienone is 1. The number of nitrogens with two attached hydrogens (primary N) is 1. The lowest BCUT2D eigenvalue weighted by Crippen LogP contribution is -2.20. The van der Waals surface area contributed by atoms with Crippen molar-refractivity contribution in [2.45, 2.75) is 10.8 Å². The van der Waals surface area contributed by atoms with Crippen molar-refractivity contribution in [2.24, 2.45) is 5.73 Å². The van der Waals surface area contributed by atoms with Crippen LogP contribution in [0.4, 0.5) is 0 Å². The fourth-order valence-electron chi connectivity index (χ4n) is 2.58. The van der Waals surface area contributed by atoms with Crippen LogP contribution < -0.4 is 10.5 Å². The Morgan fingerprint density at radius 2 is 1.95 bits per heavy atom. The van der Waals surface area contributed by atoms with Crippen molar-refractivity contribution in [3.8, 4) is 17.6 Å². The van der Waals surface area contributed by atoms with Gasteiger partial charge in [-0.2, -0.15) is 5.26 Å². The van der Waals surface area contributed by atoms with Crippen LogP contribution in [0.15, 0.2) is 58.8 Å². The molecule has 1 heterocycles. The monoisotopic (exact) mass is 310 g/mol. The summed E-state index contributed by atoms with van der Waals surface area (Å²) >= 11 is 1.66. The molecule has 2 aromatic rings. The van der Waals surface area contributed by atoms with Gasteiger partial charge in [-0.1, -0.05) is 18.2 Å². The maximum atomic E-state index is 9.62. The first-order valence-corrected chi connectivity index (χ1v) is 7.91. The molecule has 110 valence electrons. The Balaban J connectivity index is 2.16. The lowest BCUT2D eigenvalue weighted by Gasteiger charge is -2.26. The third kappa shape index (κ3) is 2.38. The number of hydrogen-bond donors (Lipinski definition) is 2. The summed E-state index contributed by atoms with van der Waals surface area (Å²) in [4.78, 5) is 1.15. The highest BCUT2D eigenvalue weighted by atomic mass is 32.2. The number of phenols is 1. The minimum atomic E-state index is -0.287. The number of nitriles is 1. The zero-order chi connectivity index (χ0) is 15.7. The second-order valence-electron chi connectivity index (χ2n) is 4.92. The molecule has 0 unspecified atom stereocenters. The van der Waals surface area contributed by atoms with Gasteiger partial charge < -0.3 is 15.6 Å². The largest absolute Gasteiger partial charge is 0.508 e. The molecule has 0 saturated carbocycles. The average molecular weight is 310 g/mol. The number of nitrogens with zero attached hydrogens (tertiary/aromatic N) is 1. The molecular weight excluding hydrogens is 296 g/mol. The van der Waals surface area contributed by atoms with Crippen LogP contribution in [0.1, 0.15) is 17.0 Å². The molecule has 0 bridgehead atoms. The van der Waals surface area contributed by atoms with E-state index in [4.69, 9.17) is 10.5 Å². The van der Waals surface area contributed by atoms with E-state index in [0.717, 1.165) is 16.0 Å². The highest BCUT2D eigenvalue weighted by Gasteiger charge is 2.30. The SMILES string of the molecule is CSc1ccc([C@H]2C(C#N)=C(N)Oc3cc(O)ccc32)cc1. The third-order valence-corrected chi connectivity index (χ3v) is 4.40. The number of phenolic OH excluding ortho intramolecular Hbond substituents is 1. The van der Waals surface area contributed by atoms with Crippen molar-refractivity contribution < 1.29 is 9.84 Å². The number of fused-ring (bicyclic) bond motifs is 1. The zero-order valence-electron chi connectivity index (χ0n) is 11.9. The first-order valence-electron chi connectivity index (χ1n) is 6.68. The van der Waals surface area contributed by atoms with Gasteiger partial charge in [0.15, 0.2) is 0 Å². The van der Waals surface area contributed by atoms with E-state index in [1.54, 1.807) is 23.9 Å². The van der Waals surface area contributed by atoms with Crippen molar-refractivity contribution in [1.29, 1.82) is 5.26 Å². The van der Waals surface area contributed by atoms with E-state index >= 15 is 0 Å². The fraction of sp³-hybridized carbons (Fsp3) is 0.118. The predicted molar refractivity (Wildman–Crippen MR) is 85.6 cm³/mol. The maximum Gasteiger partial charge on any atom is 0.205 e. The van der Waals surface area contributed by atoms with Crippen LogP contribution in [0.3, 0.4) is 0 Å². The molecule has 0 fully saturated rings. The van der Waals surface area contributed by atoms with E-state index < -0.39 is 0 Å². The van der Waals surface area contributed by atoms with Gasteiger partial charge in [0.2, 0.25) is 5.88 Å². The molecule has 1 aliphatic rings. The average Bonchev–Trinajstić information content (AvgIpc) is 2.53. The molecule has 0 aromatic heterocycles. The number of ether oxygens (including phenoxy) is 1. The topological polar surface area (TPSA) is 79.3 Å². The van der Waals surface area contributed by atoms with Gasteiger partial charge in [0.25, 0.3) is 0 Å². The second-order valence-corrected chi connectivity index (χ2v) is 5.80. The lowest BCUT2D eigenvalue weighted by molar-refractivity contribution is 0.388. The molecule has 5 heteroatoms. The van der Waals surface area contributed by atoms with E-state index in [9.17, 15) is 10.4 Å². The van der Waals surface area contributed by atoms with Gasteiger partial charge >= 0.3 is 0 Å². The van der Waals surface area contributed by atoms with Crippen molar-refractivity contribution in [3.05, 3.63) is 65.0 Å².